The molecule has 0 spiro atoms. The number of nitrogens with zero attached hydrogens (tertiary/aromatic N) is 1. The fourth-order valence-electron chi connectivity index (χ4n) is 0.847. The van der Waals surface area contributed by atoms with Crippen molar-refractivity contribution < 1.29 is 13.6 Å². The highest BCUT2D eigenvalue weighted by atomic mass is 127. The van der Waals surface area contributed by atoms with Crippen LogP contribution in [-0.2, 0) is 0 Å². The second-order valence-electron chi connectivity index (χ2n) is 2.26. The summed E-state index contributed by atoms with van der Waals surface area (Å²) in [5, 5.41) is -0.940. The number of carbonyl (C=O) groups is 1. The van der Waals surface area contributed by atoms with E-state index in [-0.39, 0.29) is 10.0 Å². The Morgan fingerprint density at radius 1 is 1.64 bits per heavy atom. The van der Waals surface area contributed by atoms with Crippen molar-refractivity contribution >= 4 is 55.4 Å². The van der Waals surface area contributed by atoms with Gasteiger partial charge in [-0.05, 0) is 50.1 Å². The monoisotopic (exact) mass is 395 g/mol. The molecule has 1 rings (SSSR count). The number of hydrogen-bond donors (Lipinski definition) is 0. The van der Waals surface area contributed by atoms with Crippen molar-refractivity contribution in [3.05, 3.63) is 25.5 Å². The zero-order valence-corrected chi connectivity index (χ0v) is 10.9. The number of halogens is 5. The van der Waals surface area contributed by atoms with Gasteiger partial charge in [0, 0.05) is 11.8 Å². The maximum atomic E-state index is 12.6. The SMILES string of the molecule is O=C(Cl)c1cnc(I)c(Br)c1C(F)F. The van der Waals surface area contributed by atoms with E-state index in [1.807, 2.05) is 0 Å². The standard InChI is InChI=1S/C7H2BrClF2INO/c8-4-3(6(10)11)2(5(9)14)1-13-7(4)12/h1,6H. The zero-order chi connectivity index (χ0) is 10.9. The molecule has 0 aliphatic rings. The summed E-state index contributed by atoms with van der Waals surface area (Å²) < 4.78 is 25.6. The molecular weight excluding hydrogens is 394 g/mol. The summed E-state index contributed by atoms with van der Waals surface area (Å²) in [6, 6.07) is 0. The van der Waals surface area contributed by atoms with E-state index in [1.165, 1.54) is 0 Å². The lowest BCUT2D eigenvalue weighted by atomic mass is 10.1. The van der Waals surface area contributed by atoms with Crippen LogP contribution in [0.15, 0.2) is 10.7 Å². The van der Waals surface area contributed by atoms with Gasteiger partial charge in [-0.25, -0.2) is 13.8 Å². The van der Waals surface area contributed by atoms with Crippen LogP contribution in [0.25, 0.3) is 0 Å². The van der Waals surface area contributed by atoms with Gasteiger partial charge in [-0.2, -0.15) is 0 Å². The van der Waals surface area contributed by atoms with Crippen molar-refractivity contribution in [1.82, 2.24) is 4.98 Å². The number of alkyl halides is 2. The molecule has 0 radical (unpaired) electrons. The first-order chi connectivity index (χ1) is 6.45. The van der Waals surface area contributed by atoms with E-state index in [0.29, 0.717) is 3.70 Å². The molecule has 1 aromatic rings. The molecule has 0 aliphatic heterocycles. The second-order valence-corrected chi connectivity index (χ2v) is 4.42. The molecule has 0 saturated heterocycles. The molecule has 0 atom stereocenters. The Bertz CT molecular complexity index is 388. The van der Waals surface area contributed by atoms with Gasteiger partial charge >= 0.3 is 0 Å². The van der Waals surface area contributed by atoms with E-state index < -0.39 is 17.2 Å². The Hall–Kier alpha value is 0.180. The lowest BCUT2D eigenvalue weighted by molar-refractivity contribution is 0.106. The van der Waals surface area contributed by atoms with Crippen LogP contribution in [0.1, 0.15) is 22.3 Å². The van der Waals surface area contributed by atoms with E-state index >= 15 is 0 Å². The molecule has 76 valence electrons. The maximum absolute atomic E-state index is 12.6. The van der Waals surface area contributed by atoms with Gasteiger partial charge in [0.25, 0.3) is 11.7 Å². The summed E-state index contributed by atoms with van der Waals surface area (Å²) >= 11 is 9.86. The van der Waals surface area contributed by atoms with Crippen LogP contribution in [0.3, 0.4) is 0 Å². The van der Waals surface area contributed by atoms with Gasteiger partial charge in [0.2, 0.25) is 0 Å². The number of rotatable bonds is 2. The predicted octanol–water partition coefficient (Wildman–Crippen LogP) is 3.77. The minimum absolute atomic E-state index is 0.111. The van der Waals surface area contributed by atoms with E-state index in [0.717, 1.165) is 6.20 Å². The van der Waals surface area contributed by atoms with Crippen molar-refractivity contribution in [2.75, 3.05) is 0 Å². The molecule has 0 fully saturated rings. The number of pyridine rings is 1. The second kappa shape index (κ2) is 4.80. The summed E-state index contributed by atoms with van der Waals surface area (Å²) in [5.74, 6) is 0. The molecule has 1 aromatic heterocycles. The van der Waals surface area contributed by atoms with Gasteiger partial charge in [-0.3, -0.25) is 4.79 Å². The highest BCUT2D eigenvalue weighted by molar-refractivity contribution is 14.1. The fraction of sp³-hybridized carbons (Fsp3) is 0.143. The molecular formula is C7H2BrClF2INO. The first-order valence-electron chi connectivity index (χ1n) is 3.27. The summed E-state index contributed by atoms with van der Waals surface area (Å²) in [5.41, 5.74) is -0.682. The van der Waals surface area contributed by atoms with Crippen LogP contribution < -0.4 is 0 Å². The highest BCUT2D eigenvalue weighted by Gasteiger charge is 2.22. The van der Waals surface area contributed by atoms with Crippen LogP contribution >= 0.6 is 50.1 Å². The molecule has 7 heteroatoms. The fourth-order valence-corrected chi connectivity index (χ4v) is 1.92. The van der Waals surface area contributed by atoms with Crippen LogP contribution in [0.4, 0.5) is 8.78 Å². The van der Waals surface area contributed by atoms with Crippen LogP contribution in [0.2, 0.25) is 0 Å². The van der Waals surface area contributed by atoms with E-state index in [4.69, 9.17) is 11.6 Å². The molecule has 14 heavy (non-hydrogen) atoms. The van der Waals surface area contributed by atoms with Gasteiger partial charge in [0.1, 0.15) is 3.70 Å². The number of aromatic nitrogens is 1. The third-order valence-electron chi connectivity index (χ3n) is 1.44. The van der Waals surface area contributed by atoms with Gasteiger partial charge in [-0.15, -0.1) is 0 Å². The Morgan fingerprint density at radius 3 is 2.64 bits per heavy atom. The minimum Gasteiger partial charge on any atom is -0.276 e. The summed E-state index contributed by atoms with van der Waals surface area (Å²) in [6.45, 7) is 0. The van der Waals surface area contributed by atoms with Gasteiger partial charge in [0.05, 0.1) is 10.0 Å². The average molecular weight is 396 g/mol. The van der Waals surface area contributed by atoms with Crippen LogP contribution in [0.5, 0.6) is 0 Å². The van der Waals surface area contributed by atoms with Gasteiger partial charge in [0.15, 0.2) is 0 Å². The molecule has 0 bridgehead atoms. The Morgan fingerprint density at radius 2 is 2.21 bits per heavy atom. The minimum atomic E-state index is -2.77. The van der Waals surface area contributed by atoms with E-state index in [9.17, 15) is 13.6 Å². The number of carbonyl (C=O) groups excluding carboxylic acids is 1. The molecule has 0 saturated carbocycles. The molecule has 1 heterocycles. The molecule has 0 amide bonds. The third kappa shape index (κ3) is 2.40. The summed E-state index contributed by atoms with van der Waals surface area (Å²) in [7, 11) is 0. The Kier molecular flexibility index (Phi) is 4.20. The topological polar surface area (TPSA) is 30.0 Å². The van der Waals surface area contributed by atoms with E-state index in [2.05, 4.69) is 20.9 Å². The van der Waals surface area contributed by atoms with Crippen molar-refractivity contribution in [3.63, 3.8) is 0 Å². The summed E-state index contributed by atoms with van der Waals surface area (Å²) in [6.07, 6.45) is -1.72. The Labute approximate surface area is 105 Å². The normalized spacial score (nSPS) is 10.7. The molecule has 0 aromatic carbocycles. The third-order valence-corrected chi connectivity index (χ3v) is 4.01. The Balaban J connectivity index is 3.45. The van der Waals surface area contributed by atoms with Gasteiger partial charge in [-0.1, -0.05) is 0 Å². The molecule has 0 aliphatic carbocycles. The van der Waals surface area contributed by atoms with Gasteiger partial charge < -0.3 is 0 Å². The molecule has 0 N–H and O–H groups in total. The molecule has 0 unspecified atom stereocenters. The zero-order valence-electron chi connectivity index (χ0n) is 6.40. The number of hydrogen-bond acceptors (Lipinski definition) is 2. The van der Waals surface area contributed by atoms with Crippen molar-refractivity contribution in [2.45, 2.75) is 6.43 Å². The van der Waals surface area contributed by atoms with Crippen molar-refractivity contribution in [1.29, 1.82) is 0 Å². The van der Waals surface area contributed by atoms with Crippen LogP contribution in [-0.4, -0.2) is 10.2 Å². The summed E-state index contributed by atoms with van der Waals surface area (Å²) in [4.78, 5) is 14.5. The van der Waals surface area contributed by atoms with Crippen molar-refractivity contribution in [3.8, 4) is 0 Å². The lowest BCUT2D eigenvalue weighted by Gasteiger charge is -2.07. The lowest BCUT2D eigenvalue weighted by Crippen LogP contribution is -2.02. The average Bonchev–Trinajstić information content (AvgIpc) is 2.08. The van der Waals surface area contributed by atoms with E-state index in [1.54, 1.807) is 22.6 Å². The highest BCUT2D eigenvalue weighted by Crippen LogP contribution is 2.33. The van der Waals surface area contributed by atoms with Crippen molar-refractivity contribution in [2.24, 2.45) is 0 Å². The largest absolute Gasteiger partial charge is 0.276 e. The maximum Gasteiger partial charge on any atom is 0.265 e. The first kappa shape index (κ1) is 12.3. The quantitative estimate of drug-likeness (QED) is 0.433. The predicted molar refractivity (Wildman–Crippen MR) is 59.8 cm³/mol. The molecule has 2 nitrogen and oxygen atoms in total. The smallest absolute Gasteiger partial charge is 0.265 e. The first-order valence-corrected chi connectivity index (χ1v) is 5.52. The van der Waals surface area contributed by atoms with Crippen LogP contribution in [0, 0.1) is 3.70 Å².